The Balaban J connectivity index is 1.09. The summed E-state index contributed by atoms with van der Waals surface area (Å²) in [7, 11) is -4.37. The van der Waals surface area contributed by atoms with Crippen LogP contribution in [0.25, 0.3) is 0 Å². The van der Waals surface area contributed by atoms with Crippen molar-refractivity contribution >= 4 is 10.1 Å². The van der Waals surface area contributed by atoms with Crippen LogP contribution in [0.5, 0.6) is 0 Å². The third kappa shape index (κ3) is 15.1. The summed E-state index contributed by atoms with van der Waals surface area (Å²) in [5, 5.41) is 222. The molecule has 0 aromatic heterocycles. The van der Waals surface area contributed by atoms with Gasteiger partial charge >= 0.3 is 0 Å². The van der Waals surface area contributed by atoms with Crippen molar-refractivity contribution in [2.24, 2.45) is 0 Å². The van der Waals surface area contributed by atoms with Crippen LogP contribution >= 0.6 is 0 Å². The first-order chi connectivity index (χ1) is 40.3. The van der Waals surface area contributed by atoms with Gasteiger partial charge in [0.1, 0.15) is 171 Å². The van der Waals surface area contributed by atoms with E-state index >= 15 is 0 Å². The highest BCUT2D eigenvalue weighted by atomic mass is 32.2. The molecule has 0 radical (unpaired) electrons. The molecule has 21 fully saturated rings. The first kappa shape index (κ1) is 69.4. The monoisotopic (exact) mass is 1270 g/mol. The van der Waals surface area contributed by atoms with E-state index in [1.807, 2.05) is 0 Å². The van der Waals surface area contributed by atoms with Gasteiger partial charge in [-0.3, -0.25) is 4.55 Å². The molecule has 39 heteroatoms. The Labute approximate surface area is 481 Å². The van der Waals surface area contributed by atoms with Crippen LogP contribution in [-0.2, 0) is 81.2 Å². The molecule has 21 N–H and O–H groups in total. The minimum absolute atomic E-state index is 0.00367. The number of aliphatic hydroxyl groups is 20. The van der Waals surface area contributed by atoms with Gasteiger partial charge in [-0.1, -0.05) is 0 Å². The molecular weight excluding hydrogens is 1190 g/mol. The molecule has 0 aliphatic carbocycles. The van der Waals surface area contributed by atoms with Crippen LogP contribution in [0.2, 0.25) is 0 Å². The van der Waals surface area contributed by atoms with Crippen LogP contribution in [0, 0.1) is 0 Å². The summed E-state index contributed by atoms with van der Waals surface area (Å²) in [5.74, 6) is -0.649. The normalized spacial score (nSPS) is 51.5. The van der Waals surface area contributed by atoms with E-state index in [0.717, 1.165) is 0 Å². The number of hydrogen-bond donors (Lipinski definition) is 21. The second-order valence-corrected chi connectivity index (χ2v) is 23.1. The summed E-state index contributed by atoms with van der Waals surface area (Å²) < 4.78 is 118. The summed E-state index contributed by atoms with van der Waals surface area (Å²) in [4.78, 5) is 0. The summed E-state index contributed by atoms with van der Waals surface area (Å²) in [6, 6.07) is 0. The molecule has 0 aromatic rings. The predicted octanol–water partition coefficient (Wildman–Crippen LogP) is -14.5. The molecule has 0 saturated carbocycles. The Bertz CT molecular complexity index is 2150. The number of aliphatic hydroxyl groups excluding tert-OH is 20. The highest BCUT2D eigenvalue weighted by Crippen LogP contribution is 2.39. The van der Waals surface area contributed by atoms with Crippen molar-refractivity contribution in [1.82, 2.24) is 0 Å². The number of rotatable bonds is 13. The molecule has 35 atom stereocenters. The maximum absolute atomic E-state index is 11.7. The molecule has 21 rings (SSSR count). The van der Waals surface area contributed by atoms with Gasteiger partial charge in [0.05, 0.1) is 52.0 Å². The highest BCUT2D eigenvalue weighted by molar-refractivity contribution is 7.85. The van der Waals surface area contributed by atoms with Gasteiger partial charge in [0.15, 0.2) is 44.0 Å². The van der Waals surface area contributed by atoms with E-state index < -0.39 is 277 Å². The van der Waals surface area contributed by atoms with Crippen molar-refractivity contribution in [3.63, 3.8) is 0 Å². The summed E-state index contributed by atoms with van der Waals surface area (Å²) in [6.07, 6.45) is -71.4. The molecular formula is C46H78O38S. The molecule has 35 unspecified atom stereocenters. The lowest BCUT2D eigenvalue weighted by atomic mass is 9.95. The summed E-state index contributed by atoms with van der Waals surface area (Å²) in [5.41, 5.74) is 0. The zero-order valence-corrected chi connectivity index (χ0v) is 45.5. The highest BCUT2D eigenvalue weighted by Gasteiger charge is 2.59. The molecule has 0 amide bonds. The van der Waals surface area contributed by atoms with Crippen molar-refractivity contribution in [2.45, 2.75) is 228 Å². The van der Waals surface area contributed by atoms with Crippen LogP contribution < -0.4 is 0 Å². The van der Waals surface area contributed by atoms with Gasteiger partial charge in [-0.15, -0.1) is 0 Å². The first-order valence-corrected chi connectivity index (χ1v) is 28.8. The van der Waals surface area contributed by atoms with Gasteiger partial charge in [0.25, 0.3) is 10.1 Å². The van der Waals surface area contributed by atoms with Crippen LogP contribution in [0.4, 0.5) is 0 Å². The lowest BCUT2D eigenvalue weighted by molar-refractivity contribution is -0.397. The number of ether oxygens (including phenoxy) is 15. The molecule has 85 heavy (non-hydrogen) atoms. The van der Waals surface area contributed by atoms with Crippen LogP contribution in [0.15, 0.2) is 0 Å². The van der Waals surface area contributed by atoms with E-state index in [2.05, 4.69) is 0 Å². The average molecular weight is 1270 g/mol. The molecule has 496 valence electrons. The topological polar surface area (TPSA) is 597 Å². The summed E-state index contributed by atoms with van der Waals surface area (Å²) in [6.45, 7) is -7.34. The van der Waals surface area contributed by atoms with Crippen molar-refractivity contribution < 1.29 is 186 Å². The number of hydrogen-bond acceptors (Lipinski definition) is 37. The maximum atomic E-state index is 11.7. The van der Waals surface area contributed by atoms with Gasteiger partial charge < -0.3 is 173 Å². The molecule has 0 aromatic carbocycles. The molecule has 14 bridgehead atoms. The molecule has 21 saturated heterocycles. The van der Waals surface area contributed by atoms with Gasteiger partial charge in [-0.2, -0.15) is 8.42 Å². The van der Waals surface area contributed by atoms with Crippen LogP contribution in [0.1, 0.15) is 12.8 Å². The van der Waals surface area contributed by atoms with Gasteiger partial charge in [0.2, 0.25) is 0 Å². The van der Waals surface area contributed by atoms with Crippen molar-refractivity contribution in [2.75, 3.05) is 58.6 Å². The fourth-order valence-corrected chi connectivity index (χ4v) is 11.7. The third-order valence-corrected chi connectivity index (χ3v) is 16.6. The smallest absolute Gasteiger partial charge is 0.264 e. The average Bonchev–Trinajstić information content (AvgIpc) is 1.32. The van der Waals surface area contributed by atoms with E-state index in [4.69, 9.17) is 75.6 Å². The van der Waals surface area contributed by atoms with Gasteiger partial charge in [-0.05, 0) is 12.8 Å². The standard InChI is InChI=1S/C46H78O38S/c47-5-12-33-20(54)27(61)41(72-12)80-35-14(7-49)74-43(29(63)22(35)56)82-37-16(9-51)76-45(31(65)24(37)58)84-39-18(11-70-3-1-2-4-85(67,68)69)77-46(32(66)25(39)59)83-38-17(10-52)75-44(30(64)23(38)57)81-36-15(8-50)73-42(28(62)21(36)55)79-34-13(6-48)71-40(78-33)26(60)19(34)53/h12-66H,1-11H2,(H,67,68,69). The fraction of sp³-hybridized carbons (Fsp3) is 1.00. The second kappa shape index (κ2) is 29.9. The molecule has 21 aliphatic heterocycles. The van der Waals surface area contributed by atoms with Gasteiger partial charge in [-0.25, -0.2) is 0 Å². The SMILES string of the molecule is O=S(=O)(O)CCCCOCC1OC2OC3C(CO)OC(OC4C(CO)OC(OC5C(CO)OC(OC6C(CO)OC(OC7C(CO)OC(OC8C(CO)OC(OC1C(O)C2O)C(O)C8O)C(O)C7O)C(O)C6O)C(O)C5O)C(O)C4O)C(O)C3O. The zero-order chi connectivity index (χ0) is 62.1. The second-order valence-electron chi connectivity index (χ2n) is 21.5. The maximum Gasteiger partial charge on any atom is 0.264 e. The third-order valence-electron chi connectivity index (χ3n) is 15.8. The zero-order valence-electron chi connectivity index (χ0n) is 44.7. The quantitative estimate of drug-likeness (QED) is 0.0601. The van der Waals surface area contributed by atoms with Crippen LogP contribution in [-0.4, -0.2) is 389 Å². The minimum Gasteiger partial charge on any atom is -0.394 e. The Hall–Kier alpha value is -1.49. The number of unbranched alkanes of at least 4 members (excludes halogenated alkanes) is 1. The van der Waals surface area contributed by atoms with Crippen molar-refractivity contribution in [1.29, 1.82) is 0 Å². The Morgan fingerprint density at radius 3 is 0.647 bits per heavy atom. The van der Waals surface area contributed by atoms with E-state index in [0.29, 0.717) is 0 Å². The fourth-order valence-electron chi connectivity index (χ4n) is 11.1. The van der Waals surface area contributed by atoms with E-state index in [1.54, 1.807) is 0 Å². The van der Waals surface area contributed by atoms with E-state index in [-0.39, 0.29) is 19.4 Å². The molecule has 21 heterocycles. The Morgan fingerprint density at radius 2 is 0.459 bits per heavy atom. The lowest BCUT2D eigenvalue weighted by Crippen LogP contribution is -2.68. The first-order valence-electron chi connectivity index (χ1n) is 27.2. The Morgan fingerprint density at radius 1 is 0.271 bits per heavy atom. The lowest BCUT2D eigenvalue weighted by Gasteiger charge is -2.50. The molecule has 38 nitrogen and oxygen atoms in total. The van der Waals surface area contributed by atoms with E-state index in [9.17, 15) is 111 Å². The Kier molecular flexibility index (Phi) is 24.4. The predicted molar refractivity (Wildman–Crippen MR) is 258 cm³/mol. The largest absolute Gasteiger partial charge is 0.394 e. The van der Waals surface area contributed by atoms with Crippen LogP contribution in [0.3, 0.4) is 0 Å². The van der Waals surface area contributed by atoms with Crippen molar-refractivity contribution in [3.05, 3.63) is 0 Å². The van der Waals surface area contributed by atoms with Crippen molar-refractivity contribution in [3.8, 4) is 0 Å². The minimum atomic E-state index is -4.37. The summed E-state index contributed by atoms with van der Waals surface area (Å²) >= 11 is 0. The molecule has 21 aliphatic rings. The van der Waals surface area contributed by atoms with Gasteiger partial charge in [0, 0.05) is 6.61 Å². The molecule has 0 spiro atoms. The van der Waals surface area contributed by atoms with E-state index in [1.165, 1.54) is 0 Å².